The first-order chi connectivity index (χ1) is 17.0. The van der Waals surface area contributed by atoms with Gasteiger partial charge < -0.3 is 25.3 Å². The van der Waals surface area contributed by atoms with E-state index in [1.807, 2.05) is 0 Å². The molecule has 4 N–H and O–H groups in total. The van der Waals surface area contributed by atoms with Gasteiger partial charge in [-0.25, -0.2) is 4.79 Å². The zero-order chi connectivity index (χ0) is 26.2. The number of nitrogens with zero attached hydrogens (tertiary/aromatic N) is 2. The Morgan fingerprint density at radius 3 is 1.57 bits per heavy atom. The van der Waals surface area contributed by atoms with E-state index in [1.54, 1.807) is 9.80 Å². The summed E-state index contributed by atoms with van der Waals surface area (Å²) in [6, 6.07) is -0.575. The number of rotatable bonds is 21. The lowest BCUT2D eigenvalue weighted by molar-refractivity contribution is -0.148. The van der Waals surface area contributed by atoms with E-state index in [2.05, 4.69) is 6.92 Å². The van der Waals surface area contributed by atoms with Gasteiger partial charge in [-0.2, -0.15) is 0 Å². The molecule has 0 radical (unpaired) electrons. The van der Waals surface area contributed by atoms with Gasteiger partial charge in [0.1, 0.15) is 6.04 Å². The summed E-state index contributed by atoms with van der Waals surface area (Å²) in [5, 5.41) is 34.6. The lowest BCUT2D eigenvalue weighted by Gasteiger charge is -2.21. The van der Waals surface area contributed by atoms with Crippen molar-refractivity contribution in [1.82, 2.24) is 9.80 Å². The van der Waals surface area contributed by atoms with Crippen molar-refractivity contribution in [3.63, 3.8) is 0 Å². The first-order valence-electron chi connectivity index (χ1n) is 14.1. The van der Waals surface area contributed by atoms with Crippen LogP contribution in [0.15, 0.2) is 0 Å². The molecule has 8 nitrogen and oxygen atoms in total. The Bertz CT molecular complexity index is 492. The molecule has 1 saturated heterocycles. The molecule has 0 aromatic heterocycles. The van der Waals surface area contributed by atoms with Gasteiger partial charge in [-0.3, -0.25) is 9.69 Å². The highest BCUT2D eigenvalue weighted by atomic mass is 16.4. The molecule has 0 aliphatic carbocycles. The number of aliphatic hydroxyl groups excluding tert-OH is 3. The Labute approximate surface area is 213 Å². The molecule has 0 bridgehead atoms. The highest BCUT2D eigenvalue weighted by molar-refractivity contribution is 5.84. The standard InChI is InChI=1S/C21H39NO3.C6H15NO3/c1-2-3-4-5-6-7-8-9-10-11-12-13-14-17-20(23)22-18-15-16-19(22)21(24)25;8-4-1-7(2-5-9)3-6-10/h19H,2-18H2,1H3,(H,24,25);8-10H,1-6H2. The number of carbonyl (C=O) groups is 2. The quantitative estimate of drug-likeness (QED) is 0.176. The van der Waals surface area contributed by atoms with Crippen LogP contribution >= 0.6 is 0 Å². The zero-order valence-electron chi connectivity index (χ0n) is 22.3. The number of aliphatic hydroxyl groups is 3. The summed E-state index contributed by atoms with van der Waals surface area (Å²) in [5.41, 5.74) is 0. The normalized spacial score (nSPS) is 15.3. The number of likely N-dealkylation sites (tertiary alicyclic amines) is 1. The molecule has 1 aliphatic rings. The fraction of sp³-hybridized carbons (Fsp3) is 0.926. The molecule has 1 unspecified atom stereocenters. The van der Waals surface area contributed by atoms with Crippen molar-refractivity contribution in [1.29, 1.82) is 0 Å². The van der Waals surface area contributed by atoms with E-state index in [9.17, 15) is 9.59 Å². The molecule has 0 saturated carbocycles. The molecular weight excluding hydrogens is 448 g/mol. The Hall–Kier alpha value is -1.22. The molecule has 8 heteroatoms. The molecule has 1 fully saturated rings. The Morgan fingerprint density at radius 2 is 1.17 bits per heavy atom. The Morgan fingerprint density at radius 1 is 0.743 bits per heavy atom. The Kier molecular flexibility index (Phi) is 23.6. The monoisotopic (exact) mass is 502 g/mol. The number of aliphatic carboxylic acids is 1. The summed E-state index contributed by atoms with van der Waals surface area (Å²) in [7, 11) is 0. The fourth-order valence-corrected chi connectivity index (χ4v) is 4.52. The van der Waals surface area contributed by atoms with E-state index in [4.69, 9.17) is 20.4 Å². The average Bonchev–Trinajstić information content (AvgIpc) is 3.34. The molecule has 1 atom stereocenters. The second-order valence-corrected chi connectivity index (χ2v) is 9.59. The predicted octanol–water partition coefficient (Wildman–Crippen LogP) is 3.81. The van der Waals surface area contributed by atoms with Gasteiger partial charge in [0.25, 0.3) is 0 Å². The van der Waals surface area contributed by atoms with Gasteiger partial charge in [-0.15, -0.1) is 0 Å². The number of carbonyl (C=O) groups excluding carboxylic acids is 1. The van der Waals surface area contributed by atoms with Gasteiger partial charge in [0.15, 0.2) is 0 Å². The maximum atomic E-state index is 12.1. The molecule has 0 aromatic rings. The molecule has 1 rings (SSSR count). The topological polar surface area (TPSA) is 122 Å². The summed E-state index contributed by atoms with van der Waals surface area (Å²) in [6.45, 7) is 4.63. The van der Waals surface area contributed by atoms with Gasteiger partial charge in [0.05, 0.1) is 19.8 Å². The van der Waals surface area contributed by atoms with E-state index in [0.717, 1.165) is 19.3 Å². The minimum absolute atomic E-state index is 0.0352. The van der Waals surface area contributed by atoms with E-state index < -0.39 is 12.0 Å². The third kappa shape index (κ3) is 18.7. The maximum Gasteiger partial charge on any atom is 0.326 e. The largest absolute Gasteiger partial charge is 0.480 e. The number of amides is 1. The Balaban J connectivity index is 0.000000972. The summed E-state index contributed by atoms with van der Waals surface area (Å²) in [4.78, 5) is 26.6. The molecule has 1 amide bonds. The summed E-state index contributed by atoms with van der Waals surface area (Å²) in [6.07, 6.45) is 18.7. The third-order valence-corrected chi connectivity index (χ3v) is 6.60. The lowest BCUT2D eigenvalue weighted by Crippen LogP contribution is -2.40. The van der Waals surface area contributed by atoms with Crippen molar-refractivity contribution >= 4 is 11.9 Å². The molecule has 1 heterocycles. The summed E-state index contributed by atoms with van der Waals surface area (Å²) in [5.74, 6) is -0.816. The number of carboxylic acids is 1. The van der Waals surface area contributed by atoms with Crippen molar-refractivity contribution in [2.45, 2.75) is 116 Å². The van der Waals surface area contributed by atoms with Crippen molar-refractivity contribution in [3.05, 3.63) is 0 Å². The first kappa shape index (κ1) is 33.8. The van der Waals surface area contributed by atoms with Crippen LogP contribution in [0.3, 0.4) is 0 Å². The second kappa shape index (κ2) is 24.5. The molecule has 208 valence electrons. The van der Waals surface area contributed by atoms with Gasteiger partial charge >= 0.3 is 5.97 Å². The van der Waals surface area contributed by atoms with Crippen molar-refractivity contribution < 1.29 is 30.0 Å². The van der Waals surface area contributed by atoms with Crippen LogP contribution in [0.2, 0.25) is 0 Å². The molecular formula is C27H54N2O6. The maximum absolute atomic E-state index is 12.1. The van der Waals surface area contributed by atoms with Crippen LogP contribution in [0.4, 0.5) is 0 Å². The van der Waals surface area contributed by atoms with Crippen molar-refractivity contribution in [2.24, 2.45) is 0 Å². The van der Waals surface area contributed by atoms with Crippen LogP contribution in [-0.4, -0.2) is 94.1 Å². The van der Waals surface area contributed by atoms with E-state index in [-0.39, 0.29) is 25.7 Å². The van der Waals surface area contributed by atoms with Crippen LogP contribution in [0.25, 0.3) is 0 Å². The third-order valence-electron chi connectivity index (χ3n) is 6.60. The lowest BCUT2D eigenvalue weighted by atomic mass is 10.0. The predicted molar refractivity (Wildman–Crippen MR) is 140 cm³/mol. The molecule has 0 aromatic carbocycles. The van der Waals surface area contributed by atoms with Crippen LogP contribution < -0.4 is 0 Å². The van der Waals surface area contributed by atoms with Crippen LogP contribution in [0, 0.1) is 0 Å². The number of carboxylic acid groups (broad SMARTS) is 1. The number of hydrogen-bond donors (Lipinski definition) is 4. The van der Waals surface area contributed by atoms with Crippen LogP contribution in [-0.2, 0) is 9.59 Å². The molecule has 0 spiro atoms. The number of unbranched alkanes of at least 4 members (excludes halogenated alkanes) is 12. The highest BCUT2D eigenvalue weighted by Gasteiger charge is 2.33. The first-order valence-corrected chi connectivity index (χ1v) is 14.1. The van der Waals surface area contributed by atoms with Crippen molar-refractivity contribution in [3.8, 4) is 0 Å². The SMILES string of the molecule is CCCCCCCCCCCCCCCC(=O)N1CCCC1C(=O)O.OCCN(CCO)CCO. The van der Waals surface area contributed by atoms with Gasteiger partial charge in [0, 0.05) is 32.6 Å². The minimum atomic E-state index is -0.851. The second-order valence-electron chi connectivity index (χ2n) is 9.59. The van der Waals surface area contributed by atoms with E-state index >= 15 is 0 Å². The number of hydrogen-bond acceptors (Lipinski definition) is 6. The molecule has 1 aliphatic heterocycles. The fourth-order valence-electron chi connectivity index (χ4n) is 4.52. The molecule has 35 heavy (non-hydrogen) atoms. The van der Waals surface area contributed by atoms with Gasteiger partial charge in [-0.05, 0) is 19.3 Å². The van der Waals surface area contributed by atoms with Crippen LogP contribution in [0.5, 0.6) is 0 Å². The van der Waals surface area contributed by atoms with E-state index in [0.29, 0.717) is 39.0 Å². The van der Waals surface area contributed by atoms with Crippen molar-refractivity contribution in [2.75, 3.05) is 46.0 Å². The highest BCUT2D eigenvalue weighted by Crippen LogP contribution is 2.20. The zero-order valence-corrected chi connectivity index (χ0v) is 22.3. The minimum Gasteiger partial charge on any atom is -0.480 e. The summed E-state index contributed by atoms with van der Waals surface area (Å²) >= 11 is 0. The summed E-state index contributed by atoms with van der Waals surface area (Å²) < 4.78 is 0. The van der Waals surface area contributed by atoms with Gasteiger partial charge in [-0.1, -0.05) is 84.0 Å². The van der Waals surface area contributed by atoms with E-state index in [1.165, 1.54) is 70.6 Å². The smallest absolute Gasteiger partial charge is 0.326 e. The average molecular weight is 503 g/mol. The van der Waals surface area contributed by atoms with Crippen LogP contribution in [0.1, 0.15) is 110 Å². The van der Waals surface area contributed by atoms with Gasteiger partial charge in [0.2, 0.25) is 5.91 Å².